The highest BCUT2D eigenvalue weighted by molar-refractivity contribution is 8.25. The van der Waals surface area contributed by atoms with E-state index in [1.54, 1.807) is 11.3 Å². The number of amides is 1. The Morgan fingerprint density at radius 3 is 3.05 bits per heavy atom. The van der Waals surface area contributed by atoms with Gasteiger partial charge in [0.05, 0.1) is 6.07 Å². The van der Waals surface area contributed by atoms with Crippen LogP contribution in [0.2, 0.25) is 0 Å². The molecule has 0 fully saturated rings. The third kappa shape index (κ3) is 2.94. The molecule has 108 valence electrons. The second kappa shape index (κ2) is 6.50. The highest BCUT2D eigenvalue weighted by atomic mass is 32.2. The number of carbonyl (C=O) groups excluding carboxylic acids is 1. The van der Waals surface area contributed by atoms with Crippen LogP contribution < -0.4 is 5.73 Å². The first-order chi connectivity index (χ1) is 9.58. The number of hydrazine groups is 1. The Balaban J connectivity index is 2.31. The van der Waals surface area contributed by atoms with Gasteiger partial charge in [0.2, 0.25) is 0 Å². The number of primary amides is 1. The number of nitriles is 1. The van der Waals surface area contributed by atoms with E-state index in [9.17, 15) is 10.1 Å². The summed E-state index contributed by atoms with van der Waals surface area (Å²) in [4.78, 5) is 12.6. The number of hydrogen-bond acceptors (Lipinski definition) is 5. The summed E-state index contributed by atoms with van der Waals surface area (Å²) in [7, 11) is -0.734. The van der Waals surface area contributed by atoms with Crippen molar-refractivity contribution >= 4 is 32.6 Å². The molecule has 1 aromatic rings. The fourth-order valence-corrected chi connectivity index (χ4v) is 4.86. The topological polar surface area (TPSA) is 73.4 Å². The molecular weight excluding hydrogens is 292 g/mol. The van der Waals surface area contributed by atoms with Crippen LogP contribution in [0.15, 0.2) is 17.5 Å². The molecule has 5 nitrogen and oxygen atoms in total. The normalized spacial score (nSPS) is 24.3. The van der Waals surface area contributed by atoms with E-state index in [0.29, 0.717) is 12.5 Å². The molecule has 3 unspecified atom stereocenters. The molecule has 0 spiro atoms. The van der Waals surface area contributed by atoms with Crippen molar-refractivity contribution in [2.45, 2.75) is 19.9 Å². The van der Waals surface area contributed by atoms with E-state index in [4.69, 9.17) is 5.73 Å². The van der Waals surface area contributed by atoms with Gasteiger partial charge < -0.3 is 5.73 Å². The maximum atomic E-state index is 11.6. The number of nitrogens with two attached hydrogens (primary N) is 1. The molecule has 20 heavy (non-hydrogen) atoms. The summed E-state index contributed by atoms with van der Waals surface area (Å²) >= 11 is 1.55. The first-order valence-corrected chi connectivity index (χ1v) is 8.55. The zero-order valence-electron chi connectivity index (χ0n) is 11.5. The maximum Gasteiger partial charge on any atom is 0.285 e. The second-order valence-corrected chi connectivity index (χ2v) is 7.29. The SMILES string of the molecule is CCN(C(C#N)c1cccs1)N1CC(C)C=S1C(N)=O. The summed E-state index contributed by atoms with van der Waals surface area (Å²) in [5.74, 6) is 0.294. The molecule has 0 saturated heterocycles. The van der Waals surface area contributed by atoms with Gasteiger partial charge in [-0.15, -0.1) is 11.3 Å². The van der Waals surface area contributed by atoms with Crippen LogP contribution in [0.4, 0.5) is 4.79 Å². The summed E-state index contributed by atoms with van der Waals surface area (Å²) in [6, 6.07) is 5.86. The fourth-order valence-electron chi connectivity index (χ4n) is 2.24. The van der Waals surface area contributed by atoms with Crippen LogP contribution in [0.5, 0.6) is 0 Å². The molecule has 0 aliphatic carbocycles. The summed E-state index contributed by atoms with van der Waals surface area (Å²) in [5, 5.41) is 15.1. The average molecular weight is 310 g/mol. The summed E-state index contributed by atoms with van der Waals surface area (Å²) < 4.78 is 1.96. The summed E-state index contributed by atoms with van der Waals surface area (Å²) in [5.41, 5.74) is 5.50. The molecule has 0 saturated carbocycles. The van der Waals surface area contributed by atoms with Gasteiger partial charge >= 0.3 is 0 Å². The van der Waals surface area contributed by atoms with Gasteiger partial charge in [0, 0.05) is 18.0 Å². The fraction of sp³-hybridized carbons (Fsp3) is 0.462. The number of rotatable bonds is 4. The highest BCUT2D eigenvalue weighted by Gasteiger charge is 2.33. The Morgan fingerprint density at radius 2 is 2.55 bits per heavy atom. The Kier molecular flexibility index (Phi) is 4.94. The Labute approximate surface area is 125 Å². The van der Waals surface area contributed by atoms with Gasteiger partial charge in [-0.2, -0.15) is 9.68 Å². The smallest absolute Gasteiger partial charge is 0.285 e. The molecule has 1 aliphatic rings. The molecule has 1 amide bonds. The number of thiophene rings is 1. The van der Waals surface area contributed by atoms with Gasteiger partial charge in [-0.1, -0.05) is 19.9 Å². The van der Waals surface area contributed by atoms with Crippen LogP contribution in [0.25, 0.3) is 0 Å². The molecular formula is C13H18N4OS2. The minimum Gasteiger partial charge on any atom is -0.360 e. The molecule has 0 bridgehead atoms. The monoisotopic (exact) mass is 310 g/mol. The largest absolute Gasteiger partial charge is 0.360 e. The first kappa shape index (κ1) is 15.2. The molecule has 2 N–H and O–H groups in total. The molecule has 1 aliphatic heterocycles. The number of hydrogen-bond donors (Lipinski definition) is 1. The lowest BCUT2D eigenvalue weighted by atomic mass is 10.2. The quantitative estimate of drug-likeness (QED) is 0.867. The third-order valence-electron chi connectivity index (χ3n) is 3.08. The lowest BCUT2D eigenvalue weighted by Gasteiger charge is -2.35. The molecule has 3 atom stereocenters. The Morgan fingerprint density at radius 1 is 1.80 bits per heavy atom. The second-order valence-electron chi connectivity index (χ2n) is 4.58. The summed E-state index contributed by atoms with van der Waals surface area (Å²) in [6.07, 6.45) is 0. The van der Waals surface area contributed by atoms with Crippen LogP contribution in [0, 0.1) is 17.2 Å². The average Bonchev–Trinajstić information content (AvgIpc) is 3.04. The Hall–Kier alpha value is -1.20. The molecule has 1 aromatic heterocycles. The van der Waals surface area contributed by atoms with E-state index in [2.05, 4.69) is 13.0 Å². The van der Waals surface area contributed by atoms with Gasteiger partial charge in [0.25, 0.3) is 5.24 Å². The minimum absolute atomic E-state index is 0.294. The first-order valence-electron chi connectivity index (χ1n) is 6.43. The number of nitrogens with zero attached hydrogens (tertiary/aromatic N) is 3. The lowest BCUT2D eigenvalue weighted by molar-refractivity contribution is 0.0503. The minimum atomic E-state index is -0.734. The van der Waals surface area contributed by atoms with E-state index in [1.165, 1.54) is 0 Å². The van der Waals surface area contributed by atoms with Gasteiger partial charge in [-0.3, -0.25) is 4.79 Å². The van der Waals surface area contributed by atoms with Crippen molar-refractivity contribution < 1.29 is 4.79 Å². The van der Waals surface area contributed by atoms with E-state index < -0.39 is 10.7 Å². The zero-order chi connectivity index (χ0) is 14.7. The Bertz CT molecular complexity index is 549. The van der Waals surface area contributed by atoms with Crippen molar-refractivity contribution in [3.63, 3.8) is 0 Å². The van der Waals surface area contributed by atoms with Crippen molar-refractivity contribution in [3.8, 4) is 6.07 Å². The van der Waals surface area contributed by atoms with Crippen LogP contribution in [0.1, 0.15) is 24.8 Å². The van der Waals surface area contributed by atoms with Crippen molar-refractivity contribution in [2.24, 2.45) is 11.7 Å². The predicted octanol–water partition coefficient (Wildman–Crippen LogP) is 2.57. The van der Waals surface area contributed by atoms with Gasteiger partial charge in [-0.05, 0) is 33.4 Å². The van der Waals surface area contributed by atoms with Crippen LogP contribution in [-0.4, -0.2) is 33.1 Å². The van der Waals surface area contributed by atoms with Crippen molar-refractivity contribution in [2.75, 3.05) is 13.1 Å². The van der Waals surface area contributed by atoms with Gasteiger partial charge in [0.15, 0.2) is 0 Å². The highest BCUT2D eigenvalue weighted by Crippen LogP contribution is 2.35. The van der Waals surface area contributed by atoms with E-state index >= 15 is 0 Å². The van der Waals surface area contributed by atoms with Crippen molar-refractivity contribution in [1.29, 1.82) is 5.26 Å². The zero-order valence-corrected chi connectivity index (χ0v) is 13.2. The van der Waals surface area contributed by atoms with Crippen LogP contribution in [0.3, 0.4) is 0 Å². The van der Waals surface area contributed by atoms with E-state index in [0.717, 1.165) is 11.4 Å². The summed E-state index contributed by atoms with van der Waals surface area (Å²) in [6.45, 7) is 5.43. The van der Waals surface area contributed by atoms with Crippen molar-refractivity contribution in [1.82, 2.24) is 9.42 Å². The molecule has 7 heteroatoms. The van der Waals surface area contributed by atoms with Gasteiger partial charge in [0.1, 0.15) is 6.04 Å². The number of carbonyl (C=O) groups is 1. The van der Waals surface area contributed by atoms with Crippen LogP contribution in [-0.2, 0) is 0 Å². The molecule has 2 rings (SSSR count). The predicted molar refractivity (Wildman–Crippen MR) is 84.2 cm³/mol. The lowest BCUT2D eigenvalue weighted by Crippen LogP contribution is -2.42. The van der Waals surface area contributed by atoms with Crippen molar-refractivity contribution in [3.05, 3.63) is 22.4 Å². The van der Waals surface area contributed by atoms with Gasteiger partial charge in [-0.25, -0.2) is 5.01 Å². The third-order valence-corrected chi connectivity index (χ3v) is 5.95. The van der Waals surface area contributed by atoms with Crippen LogP contribution >= 0.6 is 22.0 Å². The molecule has 2 heterocycles. The maximum absolute atomic E-state index is 11.6. The molecule has 0 radical (unpaired) electrons. The molecule has 0 aromatic carbocycles. The standard InChI is InChI=1S/C13H18N4OS2/c1-3-16(11(7-14)12-5-4-6-19-12)17-8-10(2)9-20(17)13(15)18/h4-6,9-11H,3,8H2,1-2H3,(H2,15,18). The van der Waals surface area contributed by atoms with E-state index in [-0.39, 0.29) is 11.3 Å². The van der Waals surface area contributed by atoms with E-state index in [1.807, 2.05) is 39.2 Å².